The molecule has 27 heavy (non-hydrogen) atoms. The summed E-state index contributed by atoms with van der Waals surface area (Å²) in [5.74, 6) is 1.51. The first-order valence-corrected chi connectivity index (χ1v) is 9.12. The van der Waals surface area contributed by atoms with Crippen LogP contribution in [0, 0.1) is 6.92 Å². The molecule has 4 rings (SSSR count). The van der Waals surface area contributed by atoms with Crippen LogP contribution in [0.5, 0.6) is 11.5 Å². The van der Waals surface area contributed by atoms with Gasteiger partial charge in [-0.3, -0.25) is 0 Å². The first-order valence-electron chi connectivity index (χ1n) is 9.12. The van der Waals surface area contributed by atoms with Crippen LogP contribution in [0.1, 0.15) is 24.0 Å². The monoisotopic (exact) mass is 358 g/mol. The number of urea groups is 1. The quantitative estimate of drug-likeness (QED) is 0.624. The SMILES string of the molecule is Cc1ccc(C2(NC(=O)Nc3ccc(Oc4ccccc4)cc3)CC2)cc1. The molecular formula is C23H22N2O2. The second-order valence-electron chi connectivity index (χ2n) is 6.97. The zero-order valence-electron chi connectivity index (χ0n) is 15.2. The normalized spacial score (nSPS) is 14.3. The summed E-state index contributed by atoms with van der Waals surface area (Å²) in [7, 11) is 0. The molecule has 0 spiro atoms. The van der Waals surface area contributed by atoms with Crippen molar-refractivity contribution in [1.82, 2.24) is 5.32 Å². The predicted molar refractivity (Wildman–Crippen MR) is 107 cm³/mol. The van der Waals surface area contributed by atoms with Crippen LogP contribution < -0.4 is 15.4 Å². The lowest BCUT2D eigenvalue weighted by atomic mass is 10.0. The fourth-order valence-electron chi connectivity index (χ4n) is 3.09. The summed E-state index contributed by atoms with van der Waals surface area (Å²) in [6, 6.07) is 25.1. The Morgan fingerprint density at radius 2 is 1.48 bits per heavy atom. The van der Waals surface area contributed by atoms with Crippen molar-refractivity contribution in [3.05, 3.63) is 90.0 Å². The van der Waals surface area contributed by atoms with E-state index in [4.69, 9.17) is 4.74 Å². The molecule has 3 aromatic carbocycles. The number of nitrogens with one attached hydrogen (secondary N) is 2. The van der Waals surface area contributed by atoms with Gasteiger partial charge in [-0.1, -0.05) is 48.0 Å². The fraction of sp³-hybridized carbons (Fsp3) is 0.174. The molecule has 1 aliphatic carbocycles. The molecule has 0 atom stereocenters. The second-order valence-corrected chi connectivity index (χ2v) is 6.97. The molecular weight excluding hydrogens is 336 g/mol. The van der Waals surface area contributed by atoms with E-state index in [0.717, 1.165) is 35.6 Å². The van der Waals surface area contributed by atoms with Crippen LogP contribution in [0.15, 0.2) is 78.9 Å². The summed E-state index contributed by atoms with van der Waals surface area (Å²) < 4.78 is 5.77. The van der Waals surface area contributed by atoms with Crippen molar-refractivity contribution < 1.29 is 9.53 Å². The summed E-state index contributed by atoms with van der Waals surface area (Å²) >= 11 is 0. The molecule has 1 saturated carbocycles. The number of carbonyl (C=O) groups is 1. The molecule has 0 aliphatic heterocycles. The van der Waals surface area contributed by atoms with Gasteiger partial charge in [0.2, 0.25) is 0 Å². The zero-order chi connectivity index (χ0) is 18.7. The van der Waals surface area contributed by atoms with E-state index in [9.17, 15) is 4.79 Å². The smallest absolute Gasteiger partial charge is 0.319 e. The summed E-state index contributed by atoms with van der Waals surface area (Å²) in [4.78, 5) is 12.4. The summed E-state index contributed by atoms with van der Waals surface area (Å²) in [5.41, 5.74) is 2.88. The summed E-state index contributed by atoms with van der Waals surface area (Å²) in [6.45, 7) is 2.06. The number of amides is 2. The van der Waals surface area contributed by atoms with Gasteiger partial charge in [-0.25, -0.2) is 4.79 Å². The molecule has 0 bridgehead atoms. The molecule has 4 heteroatoms. The predicted octanol–water partition coefficient (Wildman–Crippen LogP) is 5.60. The molecule has 136 valence electrons. The molecule has 3 aromatic rings. The van der Waals surface area contributed by atoms with Gasteiger partial charge in [-0.15, -0.1) is 0 Å². The molecule has 2 amide bonds. The summed E-state index contributed by atoms with van der Waals surface area (Å²) in [6.07, 6.45) is 1.93. The molecule has 0 radical (unpaired) electrons. The van der Waals surface area contributed by atoms with Crippen molar-refractivity contribution in [2.75, 3.05) is 5.32 Å². The number of para-hydroxylation sites is 1. The third-order valence-corrected chi connectivity index (χ3v) is 4.80. The van der Waals surface area contributed by atoms with Crippen molar-refractivity contribution in [2.45, 2.75) is 25.3 Å². The maximum absolute atomic E-state index is 12.4. The van der Waals surface area contributed by atoms with Crippen LogP contribution in [0.25, 0.3) is 0 Å². The van der Waals surface area contributed by atoms with Crippen LogP contribution in [0.4, 0.5) is 10.5 Å². The molecule has 0 saturated heterocycles. The van der Waals surface area contributed by atoms with Crippen molar-refractivity contribution in [1.29, 1.82) is 0 Å². The van der Waals surface area contributed by atoms with Crippen LogP contribution in [0.3, 0.4) is 0 Å². The minimum absolute atomic E-state index is 0.190. The van der Waals surface area contributed by atoms with E-state index in [-0.39, 0.29) is 11.6 Å². The van der Waals surface area contributed by atoms with E-state index in [2.05, 4.69) is 41.8 Å². The van der Waals surface area contributed by atoms with Gasteiger partial charge in [-0.2, -0.15) is 0 Å². The van der Waals surface area contributed by atoms with Crippen molar-refractivity contribution in [3.63, 3.8) is 0 Å². The lowest BCUT2D eigenvalue weighted by Gasteiger charge is -2.19. The van der Waals surface area contributed by atoms with Gasteiger partial charge in [0.1, 0.15) is 11.5 Å². The Hall–Kier alpha value is -3.27. The molecule has 1 aliphatic rings. The Balaban J connectivity index is 1.36. The lowest BCUT2D eigenvalue weighted by Crippen LogP contribution is -2.38. The highest BCUT2D eigenvalue weighted by Crippen LogP contribution is 2.45. The van der Waals surface area contributed by atoms with Crippen LogP contribution in [0.2, 0.25) is 0 Å². The zero-order valence-corrected chi connectivity index (χ0v) is 15.2. The molecule has 4 nitrogen and oxygen atoms in total. The molecule has 0 heterocycles. The number of benzene rings is 3. The van der Waals surface area contributed by atoms with Crippen LogP contribution in [-0.2, 0) is 5.54 Å². The topological polar surface area (TPSA) is 50.4 Å². The average molecular weight is 358 g/mol. The van der Waals surface area contributed by atoms with Crippen LogP contribution in [-0.4, -0.2) is 6.03 Å². The second kappa shape index (κ2) is 7.16. The van der Waals surface area contributed by atoms with Crippen molar-refractivity contribution >= 4 is 11.7 Å². The Bertz CT molecular complexity index is 915. The van der Waals surface area contributed by atoms with Gasteiger partial charge in [0.25, 0.3) is 0 Å². The van der Waals surface area contributed by atoms with E-state index in [1.165, 1.54) is 5.56 Å². The Kier molecular flexibility index (Phi) is 4.55. The van der Waals surface area contributed by atoms with Gasteiger partial charge >= 0.3 is 6.03 Å². The highest BCUT2D eigenvalue weighted by atomic mass is 16.5. The van der Waals surface area contributed by atoms with Crippen molar-refractivity contribution in [2.24, 2.45) is 0 Å². The lowest BCUT2D eigenvalue weighted by molar-refractivity contribution is 0.247. The van der Waals surface area contributed by atoms with Crippen molar-refractivity contribution in [3.8, 4) is 11.5 Å². The Morgan fingerprint density at radius 1 is 0.852 bits per heavy atom. The van der Waals surface area contributed by atoms with Gasteiger partial charge < -0.3 is 15.4 Å². The standard InChI is InChI=1S/C23H22N2O2/c1-17-7-9-18(10-8-17)23(15-16-23)25-22(26)24-19-11-13-21(14-12-19)27-20-5-3-2-4-6-20/h2-14H,15-16H2,1H3,(H2,24,25,26). The van der Waals surface area contributed by atoms with E-state index in [0.29, 0.717) is 0 Å². The first-order chi connectivity index (χ1) is 13.1. The maximum Gasteiger partial charge on any atom is 0.319 e. The molecule has 1 fully saturated rings. The first kappa shape index (κ1) is 17.2. The molecule has 0 aromatic heterocycles. The van der Waals surface area contributed by atoms with Gasteiger partial charge in [-0.05, 0) is 61.7 Å². The largest absolute Gasteiger partial charge is 0.457 e. The third kappa shape index (κ3) is 4.11. The maximum atomic E-state index is 12.4. The van der Waals surface area contributed by atoms with Gasteiger partial charge in [0, 0.05) is 5.69 Å². The Morgan fingerprint density at radius 3 is 2.11 bits per heavy atom. The fourth-order valence-corrected chi connectivity index (χ4v) is 3.09. The van der Waals surface area contributed by atoms with E-state index < -0.39 is 0 Å². The van der Waals surface area contributed by atoms with E-state index >= 15 is 0 Å². The number of anilines is 1. The van der Waals surface area contributed by atoms with Crippen LogP contribution >= 0.6 is 0 Å². The summed E-state index contributed by atoms with van der Waals surface area (Å²) in [5, 5.41) is 6.03. The Labute approximate surface area is 159 Å². The number of ether oxygens (including phenoxy) is 1. The number of aryl methyl sites for hydroxylation is 1. The molecule has 2 N–H and O–H groups in total. The highest BCUT2D eigenvalue weighted by molar-refractivity contribution is 5.90. The minimum Gasteiger partial charge on any atom is -0.457 e. The highest BCUT2D eigenvalue weighted by Gasteiger charge is 2.45. The van der Waals surface area contributed by atoms with E-state index in [1.807, 2.05) is 54.6 Å². The third-order valence-electron chi connectivity index (χ3n) is 4.80. The van der Waals surface area contributed by atoms with E-state index in [1.54, 1.807) is 0 Å². The number of hydrogen-bond donors (Lipinski definition) is 2. The minimum atomic E-state index is -0.228. The average Bonchev–Trinajstić information content (AvgIpc) is 3.45. The van der Waals surface area contributed by atoms with Gasteiger partial charge in [0.15, 0.2) is 0 Å². The van der Waals surface area contributed by atoms with Gasteiger partial charge in [0.05, 0.1) is 5.54 Å². The molecule has 0 unspecified atom stereocenters. The number of carbonyl (C=O) groups excluding carboxylic acids is 1. The number of hydrogen-bond acceptors (Lipinski definition) is 2. The number of rotatable bonds is 5.